The number of rotatable bonds is 9. The molecule has 0 aliphatic heterocycles. The molecule has 13 heteroatoms. The van der Waals surface area contributed by atoms with Crippen LogP contribution < -0.4 is 26.6 Å². The zero-order chi connectivity index (χ0) is 29.8. The Bertz CT molecular complexity index is 1730. The average Bonchev–Trinajstić information content (AvgIpc) is 2.95. The van der Waals surface area contributed by atoms with Crippen molar-refractivity contribution in [2.45, 2.75) is 19.6 Å². The summed E-state index contributed by atoms with van der Waals surface area (Å²) in [7, 11) is 4.25. The lowest BCUT2D eigenvalue weighted by Crippen LogP contribution is -2.40. The zero-order valence-electron chi connectivity index (χ0n) is 22.7. The number of anilines is 1. The van der Waals surface area contributed by atoms with Crippen LogP contribution >= 0.6 is 23.2 Å². The summed E-state index contributed by atoms with van der Waals surface area (Å²) in [6.07, 6.45) is 3.92. The van der Waals surface area contributed by atoms with Crippen LogP contribution in [0.5, 0.6) is 5.88 Å². The van der Waals surface area contributed by atoms with E-state index in [1.165, 1.54) is 27.4 Å². The Morgan fingerprint density at radius 3 is 2.59 bits per heavy atom. The number of carbonyl (C=O) groups is 1. The molecule has 0 saturated carbocycles. The van der Waals surface area contributed by atoms with Gasteiger partial charge < -0.3 is 25.0 Å². The first kappa shape index (κ1) is 29.9. The average molecular weight is 599 g/mol. The third-order valence-electron chi connectivity index (χ3n) is 6.25. The summed E-state index contributed by atoms with van der Waals surface area (Å²) >= 11 is 13.3. The molecule has 0 radical (unpaired) electrons. The van der Waals surface area contributed by atoms with Crippen LogP contribution in [0.3, 0.4) is 0 Å². The zero-order valence-corrected chi connectivity index (χ0v) is 24.2. The van der Waals surface area contributed by atoms with E-state index in [-0.39, 0.29) is 16.3 Å². The maximum Gasteiger partial charge on any atom is 0.330 e. The van der Waals surface area contributed by atoms with Crippen LogP contribution in [0, 0.1) is 0 Å². The minimum Gasteiger partial charge on any atom is -0.481 e. The smallest absolute Gasteiger partial charge is 0.330 e. The van der Waals surface area contributed by atoms with E-state index in [1.807, 2.05) is 6.07 Å². The molecule has 41 heavy (non-hydrogen) atoms. The van der Waals surface area contributed by atoms with Crippen LogP contribution in [-0.2, 0) is 20.6 Å². The molecule has 0 saturated heterocycles. The van der Waals surface area contributed by atoms with Crippen molar-refractivity contribution in [3.63, 3.8) is 0 Å². The van der Waals surface area contributed by atoms with Gasteiger partial charge >= 0.3 is 5.69 Å². The van der Waals surface area contributed by atoms with Gasteiger partial charge in [-0.15, -0.1) is 0 Å². The van der Waals surface area contributed by atoms with Crippen LogP contribution in [0.2, 0.25) is 10.0 Å². The van der Waals surface area contributed by atoms with Gasteiger partial charge in [0, 0.05) is 68.0 Å². The van der Waals surface area contributed by atoms with Gasteiger partial charge in [0.2, 0.25) is 5.88 Å². The molecule has 4 rings (SSSR count). The van der Waals surface area contributed by atoms with E-state index in [0.29, 0.717) is 51.9 Å². The molecular weight excluding hydrogens is 571 g/mol. The fourth-order valence-electron chi connectivity index (χ4n) is 4.13. The second-order valence-electron chi connectivity index (χ2n) is 9.34. The number of aliphatic hydroxyl groups is 1. The number of methoxy groups -OCH3 is 1. The van der Waals surface area contributed by atoms with Crippen molar-refractivity contribution in [1.82, 2.24) is 24.4 Å². The number of benzene rings is 1. The standard InChI is InChI=1S/C28H28Cl2N6O5/c1-15(37)10-31-13-19-21(29)9-23(34-26(19)41-4)17-8-16(11-32-12-17)18-6-5-7-22(24(18)30)33-25(38)20-14-35(2)28(40)36(3)27(20)39/h5-9,11-12,14-15,31,37H,10,13H2,1-4H3,(H,33,38)/t15-/m0/s1. The number of nitrogens with zero attached hydrogens (tertiary/aromatic N) is 4. The quantitative estimate of drug-likeness (QED) is 0.267. The summed E-state index contributed by atoms with van der Waals surface area (Å²) in [6.45, 7) is 2.42. The third kappa shape index (κ3) is 6.49. The molecule has 4 aromatic rings. The number of ether oxygens (including phenoxy) is 1. The minimum absolute atomic E-state index is 0.207. The van der Waals surface area contributed by atoms with Gasteiger partial charge in [0.15, 0.2) is 0 Å². The van der Waals surface area contributed by atoms with Crippen molar-refractivity contribution in [2.75, 3.05) is 19.0 Å². The Kier molecular flexibility index (Phi) is 9.24. The van der Waals surface area contributed by atoms with E-state index in [0.717, 1.165) is 9.13 Å². The Balaban J connectivity index is 1.65. The topological polar surface area (TPSA) is 140 Å². The fraction of sp³-hybridized carbons (Fsp3) is 0.250. The number of pyridine rings is 2. The van der Waals surface area contributed by atoms with Gasteiger partial charge in [0.1, 0.15) is 5.56 Å². The summed E-state index contributed by atoms with van der Waals surface area (Å²) in [5, 5.41) is 15.9. The first-order valence-corrected chi connectivity index (χ1v) is 13.2. The highest BCUT2D eigenvalue weighted by atomic mass is 35.5. The molecule has 1 atom stereocenters. The van der Waals surface area contributed by atoms with Gasteiger partial charge in [-0.3, -0.25) is 19.1 Å². The van der Waals surface area contributed by atoms with E-state index in [9.17, 15) is 19.5 Å². The van der Waals surface area contributed by atoms with Crippen molar-refractivity contribution < 1.29 is 14.6 Å². The lowest BCUT2D eigenvalue weighted by molar-refractivity contribution is 0.102. The van der Waals surface area contributed by atoms with E-state index in [2.05, 4.69) is 20.6 Å². The highest BCUT2D eigenvalue weighted by molar-refractivity contribution is 6.36. The van der Waals surface area contributed by atoms with Crippen LogP contribution in [0.15, 0.2) is 58.5 Å². The number of hydrogen-bond acceptors (Lipinski definition) is 8. The summed E-state index contributed by atoms with van der Waals surface area (Å²) < 4.78 is 7.49. The van der Waals surface area contributed by atoms with Crippen LogP contribution in [-0.4, -0.2) is 49.9 Å². The van der Waals surface area contributed by atoms with Gasteiger partial charge in [-0.2, -0.15) is 0 Å². The first-order chi connectivity index (χ1) is 19.5. The van der Waals surface area contributed by atoms with E-state index in [1.54, 1.807) is 43.6 Å². The molecule has 1 aromatic carbocycles. The highest BCUT2D eigenvalue weighted by Gasteiger charge is 2.19. The molecule has 0 aliphatic carbocycles. The SMILES string of the molecule is COc1nc(-c2cncc(-c3cccc(NC(=O)c4cn(C)c(=O)n(C)c4=O)c3Cl)c2)cc(Cl)c1CNC[C@H](C)O. The number of carbonyl (C=O) groups excluding carboxylic acids is 1. The van der Waals surface area contributed by atoms with E-state index >= 15 is 0 Å². The van der Waals surface area contributed by atoms with E-state index in [4.69, 9.17) is 27.9 Å². The Morgan fingerprint density at radius 2 is 1.88 bits per heavy atom. The number of aryl methyl sites for hydroxylation is 1. The summed E-state index contributed by atoms with van der Waals surface area (Å²) in [4.78, 5) is 46.4. The van der Waals surface area contributed by atoms with Crippen LogP contribution in [0.4, 0.5) is 5.69 Å². The predicted molar refractivity (Wildman–Crippen MR) is 158 cm³/mol. The molecule has 1 amide bonds. The van der Waals surface area contributed by atoms with Crippen molar-refractivity contribution in [3.05, 3.63) is 90.9 Å². The molecule has 0 aliphatic rings. The normalized spacial score (nSPS) is 11.8. The van der Waals surface area contributed by atoms with E-state index < -0.39 is 23.3 Å². The number of hydrogen-bond donors (Lipinski definition) is 3. The monoisotopic (exact) mass is 598 g/mol. The van der Waals surface area contributed by atoms with Crippen molar-refractivity contribution in [1.29, 1.82) is 0 Å². The maximum absolute atomic E-state index is 12.9. The van der Waals surface area contributed by atoms with Gasteiger partial charge in [0.25, 0.3) is 11.5 Å². The Labute approximate surface area is 245 Å². The fourth-order valence-corrected chi connectivity index (χ4v) is 4.67. The number of aliphatic hydroxyl groups excluding tert-OH is 1. The molecule has 0 spiro atoms. The summed E-state index contributed by atoms with van der Waals surface area (Å²) in [5.41, 5.74) is 1.83. The summed E-state index contributed by atoms with van der Waals surface area (Å²) in [5.74, 6) is -0.371. The van der Waals surface area contributed by atoms with Crippen LogP contribution in [0.1, 0.15) is 22.8 Å². The van der Waals surface area contributed by atoms with Crippen molar-refractivity contribution in [2.24, 2.45) is 14.1 Å². The van der Waals surface area contributed by atoms with Crippen LogP contribution in [0.25, 0.3) is 22.4 Å². The molecule has 214 valence electrons. The molecule has 0 bridgehead atoms. The van der Waals surface area contributed by atoms with Gasteiger partial charge in [0.05, 0.1) is 34.6 Å². The Hall–Kier alpha value is -4.03. The summed E-state index contributed by atoms with van der Waals surface area (Å²) in [6, 6.07) is 8.60. The molecule has 3 N–H and O–H groups in total. The number of halogens is 2. The number of nitrogens with one attached hydrogen (secondary N) is 2. The predicted octanol–water partition coefficient (Wildman–Crippen LogP) is 3.25. The second kappa shape index (κ2) is 12.6. The molecule has 0 unspecified atom stereocenters. The van der Waals surface area contributed by atoms with Crippen molar-refractivity contribution in [3.8, 4) is 28.3 Å². The first-order valence-electron chi connectivity index (χ1n) is 12.5. The van der Waals surface area contributed by atoms with Gasteiger partial charge in [-0.1, -0.05) is 35.3 Å². The molecule has 3 heterocycles. The molecule has 0 fully saturated rings. The van der Waals surface area contributed by atoms with Gasteiger partial charge in [-0.05, 0) is 25.1 Å². The van der Waals surface area contributed by atoms with Crippen molar-refractivity contribution >= 4 is 34.8 Å². The molecule has 11 nitrogen and oxygen atoms in total. The Morgan fingerprint density at radius 1 is 1.15 bits per heavy atom. The lowest BCUT2D eigenvalue weighted by atomic mass is 10.0. The second-order valence-corrected chi connectivity index (χ2v) is 10.1. The largest absolute Gasteiger partial charge is 0.481 e. The lowest BCUT2D eigenvalue weighted by Gasteiger charge is -2.14. The number of aromatic nitrogens is 4. The minimum atomic E-state index is -0.721. The number of amides is 1. The third-order valence-corrected chi connectivity index (χ3v) is 6.99. The maximum atomic E-state index is 12.9. The highest BCUT2D eigenvalue weighted by Crippen LogP contribution is 2.36. The van der Waals surface area contributed by atoms with Gasteiger partial charge in [-0.25, -0.2) is 9.78 Å². The molecular formula is C28H28Cl2N6O5. The molecule has 3 aromatic heterocycles.